The second-order valence-electron chi connectivity index (χ2n) is 7.72. The molecule has 3 amide bonds. The van der Waals surface area contributed by atoms with Crippen LogP contribution in [-0.2, 0) is 9.53 Å². The van der Waals surface area contributed by atoms with Crippen molar-refractivity contribution in [2.24, 2.45) is 5.92 Å². The maximum atomic E-state index is 12.3. The van der Waals surface area contributed by atoms with Crippen molar-refractivity contribution in [3.63, 3.8) is 0 Å². The van der Waals surface area contributed by atoms with Crippen LogP contribution >= 0.6 is 0 Å². The van der Waals surface area contributed by atoms with E-state index in [1.54, 1.807) is 4.90 Å². The van der Waals surface area contributed by atoms with Gasteiger partial charge in [-0.05, 0) is 38.8 Å². The van der Waals surface area contributed by atoms with Gasteiger partial charge in [0.05, 0.1) is 5.60 Å². The maximum Gasteiger partial charge on any atom is 0.315 e. The van der Waals surface area contributed by atoms with Gasteiger partial charge in [-0.15, -0.1) is 0 Å². The molecule has 2 heterocycles. The van der Waals surface area contributed by atoms with Crippen LogP contribution in [0.25, 0.3) is 0 Å². The van der Waals surface area contributed by atoms with Crippen molar-refractivity contribution in [2.75, 3.05) is 32.8 Å². The fraction of sp³-hybridized carbons (Fsp3) is 0.600. The number of para-hydroxylation sites is 1. The van der Waals surface area contributed by atoms with Crippen molar-refractivity contribution in [2.45, 2.75) is 38.3 Å². The van der Waals surface area contributed by atoms with E-state index in [9.17, 15) is 9.59 Å². The summed E-state index contributed by atoms with van der Waals surface area (Å²) in [7, 11) is 0. The van der Waals surface area contributed by atoms with Gasteiger partial charge in [0.25, 0.3) is 5.91 Å². The first-order chi connectivity index (χ1) is 12.9. The van der Waals surface area contributed by atoms with Crippen LogP contribution in [0.1, 0.15) is 26.7 Å². The normalized spacial score (nSPS) is 23.9. The summed E-state index contributed by atoms with van der Waals surface area (Å²) in [6, 6.07) is 9.07. The van der Waals surface area contributed by atoms with Crippen molar-refractivity contribution < 1.29 is 19.1 Å². The fourth-order valence-electron chi connectivity index (χ4n) is 3.59. The van der Waals surface area contributed by atoms with Crippen molar-refractivity contribution >= 4 is 11.9 Å². The van der Waals surface area contributed by atoms with Crippen LogP contribution < -0.4 is 15.4 Å². The van der Waals surface area contributed by atoms with Gasteiger partial charge in [-0.3, -0.25) is 4.79 Å². The molecular formula is C20H29N3O4. The number of urea groups is 1. The van der Waals surface area contributed by atoms with E-state index in [-0.39, 0.29) is 30.2 Å². The highest BCUT2D eigenvalue weighted by molar-refractivity contribution is 5.78. The molecule has 0 aromatic heterocycles. The molecule has 1 aromatic rings. The zero-order chi connectivity index (χ0) is 19.3. The Morgan fingerprint density at radius 1 is 1.26 bits per heavy atom. The number of benzene rings is 1. The summed E-state index contributed by atoms with van der Waals surface area (Å²) in [6.45, 7) is 6.61. The first-order valence-electron chi connectivity index (χ1n) is 9.58. The highest BCUT2D eigenvalue weighted by Crippen LogP contribution is 2.30. The van der Waals surface area contributed by atoms with E-state index in [2.05, 4.69) is 24.5 Å². The summed E-state index contributed by atoms with van der Waals surface area (Å²) in [6.07, 6.45) is 1.71. The molecule has 2 unspecified atom stereocenters. The second kappa shape index (κ2) is 8.61. The fourth-order valence-corrected chi connectivity index (χ4v) is 3.59. The summed E-state index contributed by atoms with van der Waals surface area (Å²) in [5.41, 5.74) is -0.192. The number of likely N-dealkylation sites (tertiary alicyclic amines) is 1. The highest BCUT2D eigenvalue weighted by Gasteiger charge is 2.36. The zero-order valence-corrected chi connectivity index (χ0v) is 16.1. The monoisotopic (exact) mass is 375 g/mol. The summed E-state index contributed by atoms with van der Waals surface area (Å²) in [4.78, 5) is 26.2. The highest BCUT2D eigenvalue weighted by atomic mass is 16.5. The minimum atomic E-state index is -0.192. The van der Waals surface area contributed by atoms with Crippen LogP contribution in [0.5, 0.6) is 5.75 Å². The molecule has 0 radical (unpaired) electrons. The number of nitrogens with one attached hydrogen (secondary N) is 2. The lowest BCUT2D eigenvalue weighted by atomic mass is 9.91. The first kappa shape index (κ1) is 19.5. The average molecular weight is 375 g/mol. The van der Waals surface area contributed by atoms with E-state index in [1.807, 2.05) is 30.3 Å². The molecule has 2 N–H and O–H groups in total. The molecular weight excluding hydrogens is 346 g/mol. The number of ether oxygens (including phenoxy) is 2. The third kappa shape index (κ3) is 5.35. The SMILES string of the molecule is CC1(C)OCCC1CNC(=O)NC1CCN(C(=O)COc2ccccc2)C1. The maximum absolute atomic E-state index is 12.3. The standard InChI is InChI=1S/C20H29N3O4/c1-20(2)15(9-11-27-20)12-21-19(25)22-16-8-10-23(13-16)18(24)14-26-17-6-4-3-5-7-17/h3-7,15-16H,8-14H2,1-2H3,(H2,21,22,25). The van der Waals surface area contributed by atoms with Gasteiger partial charge in [-0.1, -0.05) is 18.2 Å². The lowest BCUT2D eigenvalue weighted by molar-refractivity contribution is -0.132. The third-order valence-electron chi connectivity index (χ3n) is 5.41. The number of carbonyl (C=O) groups excluding carboxylic acids is 2. The summed E-state index contributed by atoms with van der Waals surface area (Å²) < 4.78 is 11.2. The molecule has 2 saturated heterocycles. The number of carbonyl (C=O) groups is 2. The predicted octanol–water partition coefficient (Wildman–Crippen LogP) is 1.78. The number of hydrogen-bond donors (Lipinski definition) is 2. The van der Waals surface area contributed by atoms with Gasteiger partial charge in [0, 0.05) is 38.2 Å². The molecule has 7 nitrogen and oxygen atoms in total. The van der Waals surface area contributed by atoms with Crippen LogP contribution in [0.2, 0.25) is 0 Å². The smallest absolute Gasteiger partial charge is 0.315 e. The third-order valence-corrected chi connectivity index (χ3v) is 5.41. The lowest BCUT2D eigenvalue weighted by Crippen LogP contribution is -2.47. The van der Waals surface area contributed by atoms with Gasteiger partial charge in [0.2, 0.25) is 0 Å². The number of rotatable bonds is 6. The molecule has 2 aliphatic heterocycles. The quantitative estimate of drug-likeness (QED) is 0.794. The summed E-state index contributed by atoms with van der Waals surface area (Å²) >= 11 is 0. The summed E-state index contributed by atoms with van der Waals surface area (Å²) in [5.74, 6) is 0.936. The first-order valence-corrected chi connectivity index (χ1v) is 9.58. The van der Waals surface area contributed by atoms with Crippen LogP contribution in [0.3, 0.4) is 0 Å². The largest absolute Gasteiger partial charge is 0.484 e. The minimum absolute atomic E-state index is 0.0136. The Morgan fingerprint density at radius 2 is 2.04 bits per heavy atom. The molecule has 27 heavy (non-hydrogen) atoms. The molecule has 0 aliphatic carbocycles. The van der Waals surface area contributed by atoms with Gasteiger partial charge >= 0.3 is 6.03 Å². The second-order valence-corrected chi connectivity index (χ2v) is 7.72. The average Bonchev–Trinajstić information content (AvgIpc) is 3.24. The Morgan fingerprint density at radius 3 is 2.74 bits per heavy atom. The molecule has 2 fully saturated rings. The van der Waals surface area contributed by atoms with Crippen molar-refractivity contribution in [1.29, 1.82) is 0 Å². The van der Waals surface area contributed by atoms with Gasteiger partial charge in [-0.2, -0.15) is 0 Å². The van der Waals surface area contributed by atoms with Crippen molar-refractivity contribution in [3.05, 3.63) is 30.3 Å². The Kier molecular flexibility index (Phi) is 6.21. The van der Waals surface area contributed by atoms with E-state index < -0.39 is 0 Å². The van der Waals surface area contributed by atoms with Gasteiger partial charge in [0.1, 0.15) is 5.75 Å². The van der Waals surface area contributed by atoms with Gasteiger partial charge in [-0.25, -0.2) is 4.79 Å². The van der Waals surface area contributed by atoms with Crippen LogP contribution in [0, 0.1) is 5.92 Å². The minimum Gasteiger partial charge on any atom is -0.484 e. The van der Waals surface area contributed by atoms with Crippen molar-refractivity contribution in [3.8, 4) is 5.75 Å². The Labute approximate surface area is 160 Å². The molecule has 3 rings (SSSR count). The van der Waals surface area contributed by atoms with Gasteiger partial charge in [0.15, 0.2) is 6.61 Å². The molecule has 0 spiro atoms. The van der Waals surface area contributed by atoms with Crippen LogP contribution in [0.4, 0.5) is 4.79 Å². The van der Waals surface area contributed by atoms with Crippen LogP contribution in [0.15, 0.2) is 30.3 Å². The molecule has 0 bridgehead atoms. The van der Waals surface area contributed by atoms with E-state index in [0.29, 0.717) is 31.3 Å². The van der Waals surface area contributed by atoms with E-state index in [4.69, 9.17) is 9.47 Å². The Balaban J connectivity index is 1.36. The van der Waals surface area contributed by atoms with Crippen LogP contribution in [-0.4, -0.2) is 61.3 Å². The molecule has 0 saturated carbocycles. The number of hydrogen-bond acceptors (Lipinski definition) is 4. The lowest BCUT2D eigenvalue weighted by Gasteiger charge is -2.26. The van der Waals surface area contributed by atoms with E-state index in [1.165, 1.54) is 0 Å². The molecule has 148 valence electrons. The van der Waals surface area contributed by atoms with E-state index in [0.717, 1.165) is 19.4 Å². The summed E-state index contributed by atoms with van der Waals surface area (Å²) in [5, 5.41) is 5.90. The molecule has 2 aliphatic rings. The number of nitrogens with zero attached hydrogens (tertiary/aromatic N) is 1. The Bertz CT molecular complexity index is 650. The predicted molar refractivity (Wildman–Crippen MR) is 102 cm³/mol. The molecule has 1 aromatic carbocycles. The van der Waals surface area contributed by atoms with E-state index >= 15 is 0 Å². The zero-order valence-electron chi connectivity index (χ0n) is 16.1. The molecule has 7 heteroatoms. The molecule has 2 atom stereocenters. The Hall–Kier alpha value is -2.28. The van der Waals surface area contributed by atoms with Gasteiger partial charge < -0.3 is 25.0 Å². The van der Waals surface area contributed by atoms with Crippen molar-refractivity contribution in [1.82, 2.24) is 15.5 Å². The number of amides is 3. The topological polar surface area (TPSA) is 79.9 Å².